The summed E-state index contributed by atoms with van der Waals surface area (Å²) >= 11 is 0. The van der Waals surface area contributed by atoms with Gasteiger partial charge in [-0.2, -0.15) is 0 Å². The highest BCUT2D eigenvalue weighted by Gasteiger charge is 2.63. The molecule has 0 radical (unpaired) electrons. The molecule has 1 spiro atoms. The molecule has 11 nitrogen and oxygen atoms in total. The van der Waals surface area contributed by atoms with Gasteiger partial charge in [0.1, 0.15) is 0 Å². The molecule has 3 aromatic rings. The molecule has 0 unspecified atom stereocenters. The number of nitrogens with zero attached hydrogens (tertiary/aromatic N) is 4. The molecule has 2 fully saturated rings. The van der Waals surface area contributed by atoms with Crippen LogP contribution >= 0.6 is 0 Å². The lowest BCUT2D eigenvalue weighted by Crippen LogP contribution is -2.75. The van der Waals surface area contributed by atoms with Crippen LogP contribution in [0.1, 0.15) is 19.4 Å². The SMILES string of the molecule is C[C@H]1CN2c3c(cc4c(-c5ncccn5)noc4c3F)CC3(C(=O)NC(=O)NC3=O)[C@@H]2[C@@H](C)O1. The van der Waals surface area contributed by atoms with Gasteiger partial charge in [-0.1, -0.05) is 5.16 Å². The van der Waals surface area contributed by atoms with E-state index in [2.05, 4.69) is 25.8 Å². The molecule has 2 aromatic heterocycles. The van der Waals surface area contributed by atoms with E-state index in [9.17, 15) is 14.4 Å². The number of amides is 4. The Morgan fingerprint density at radius 1 is 1.15 bits per heavy atom. The molecule has 3 aliphatic rings. The van der Waals surface area contributed by atoms with Crippen LogP contribution < -0.4 is 15.5 Å². The monoisotopic (exact) mass is 466 g/mol. The molecular formula is C22H19FN6O5. The summed E-state index contributed by atoms with van der Waals surface area (Å²) in [5.41, 5.74) is -0.913. The van der Waals surface area contributed by atoms with E-state index in [1.807, 2.05) is 6.92 Å². The lowest BCUT2D eigenvalue weighted by atomic mass is 9.66. The fourth-order valence-electron chi connectivity index (χ4n) is 5.53. The van der Waals surface area contributed by atoms with Crippen molar-refractivity contribution in [2.24, 2.45) is 5.41 Å². The van der Waals surface area contributed by atoms with Crippen LogP contribution in [-0.4, -0.2) is 57.8 Å². The number of morpholine rings is 1. The third-order valence-electron chi connectivity index (χ3n) is 6.74. The van der Waals surface area contributed by atoms with Gasteiger partial charge in [0.25, 0.3) is 0 Å². The minimum atomic E-state index is -1.71. The average Bonchev–Trinajstić information content (AvgIpc) is 3.21. The Bertz CT molecular complexity index is 1360. The lowest BCUT2D eigenvalue weighted by Gasteiger charge is -2.55. The Hall–Kier alpha value is -3.93. The van der Waals surface area contributed by atoms with Crippen LogP contribution in [-0.2, 0) is 20.7 Å². The zero-order valence-electron chi connectivity index (χ0n) is 18.2. The van der Waals surface area contributed by atoms with Gasteiger partial charge in [0, 0.05) is 25.4 Å². The van der Waals surface area contributed by atoms with Crippen molar-refractivity contribution < 1.29 is 28.0 Å². The lowest BCUT2D eigenvalue weighted by molar-refractivity contribution is -0.153. The summed E-state index contributed by atoms with van der Waals surface area (Å²) in [5, 5.41) is 8.73. The summed E-state index contributed by atoms with van der Waals surface area (Å²) in [6.45, 7) is 3.78. The molecule has 3 atom stereocenters. The summed E-state index contributed by atoms with van der Waals surface area (Å²) in [4.78, 5) is 48.4. The van der Waals surface area contributed by atoms with Crippen molar-refractivity contribution in [1.29, 1.82) is 0 Å². The number of imide groups is 2. The Labute approximate surface area is 191 Å². The molecule has 6 rings (SSSR count). The summed E-state index contributed by atoms with van der Waals surface area (Å²) in [7, 11) is 0. The molecule has 0 saturated carbocycles. The number of ether oxygens (including phenoxy) is 1. The van der Waals surface area contributed by atoms with Gasteiger partial charge in [-0.25, -0.2) is 19.2 Å². The number of carbonyl (C=O) groups excluding carboxylic acids is 3. The van der Waals surface area contributed by atoms with Gasteiger partial charge in [0.15, 0.2) is 22.8 Å². The van der Waals surface area contributed by atoms with Gasteiger partial charge in [-0.15, -0.1) is 0 Å². The third kappa shape index (κ3) is 2.65. The minimum absolute atomic E-state index is 0.0737. The quantitative estimate of drug-likeness (QED) is 0.508. The molecule has 0 aliphatic carbocycles. The van der Waals surface area contributed by atoms with Crippen LogP contribution in [0, 0.1) is 11.2 Å². The van der Waals surface area contributed by atoms with E-state index in [1.54, 1.807) is 24.0 Å². The zero-order valence-corrected chi connectivity index (χ0v) is 18.2. The second-order valence-corrected chi connectivity index (χ2v) is 8.81. The number of urea groups is 1. The largest absolute Gasteiger partial charge is 0.372 e. The molecule has 3 aliphatic heterocycles. The standard InChI is InChI=1S/C22H19FN6O5/c1-9-8-29-15-11(6-12-14(18-24-4-3-5-25-18)28-34-16(12)13(15)23)7-22(17(29)10(2)33-9)19(30)26-21(32)27-20(22)31/h3-6,9-10,17H,7-8H2,1-2H3,(H2,26,27,30,31,32)/t9-,10+,17-/m0/s1. The Kier molecular flexibility index (Phi) is 4.27. The fourth-order valence-corrected chi connectivity index (χ4v) is 5.53. The Morgan fingerprint density at radius 3 is 2.56 bits per heavy atom. The van der Waals surface area contributed by atoms with Crippen LogP contribution in [0.5, 0.6) is 0 Å². The predicted molar refractivity (Wildman–Crippen MR) is 114 cm³/mol. The van der Waals surface area contributed by atoms with E-state index < -0.39 is 41.2 Å². The van der Waals surface area contributed by atoms with Crippen molar-refractivity contribution in [3.8, 4) is 11.5 Å². The van der Waals surface area contributed by atoms with Gasteiger partial charge >= 0.3 is 6.03 Å². The first-order valence-corrected chi connectivity index (χ1v) is 10.8. The van der Waals surface area contributed by atoms with Crippen molar-refractivity contribution in [3.05, 3.63) is 35.9 Å². The first-order valence-electron chi connectivity index (χ1n) is 10.8. The van der Waals surface area contributed by atoms with E-state index in [1.165, 1.54) is 12.4 Å². The van der Waals surface area contributed by atoms with Crippen LogP contribution in [0.25, 0.3) is 22.5 Å². The number of hydrogen-bond acceptors (Lipinski definition) is 9. The van der Waals surface area contributed by atoms with Gasteiger partial charge in [0.05, 0.1) is 29.3 Å². The number of fused-ring (bicyclic) bond motifs is 5. The van der Waals surface area contributed by atoms with Crippen LogP contribution in [0.3, 0.4) is 0 Å². The van der Waals surface area contributed by atoms with E-state index in [4.69, 9.17) is 9.26 Å². The second-order valence-electron chi connectivity index (χ2n) is 8.81. The predicted octanol–water partition coefficient (Wildman–Crippen LogP) is 1.31. The summed E-state index contributed by atoms with van der Waals surface area (Å²) in [6, 6.07) is 1.55. The van der Waals surface area contributed by atoms with Crippen molar-refractivity contribution in [2.75, 3.05) is 11.4 Å². The molecular weight excluding hydrogens is 447 g/mol. The number of halogens is 1. The normalized spacial score (nSPS) is 25.7. The highest BCUT2D eigenvalue weighted by atomic mass is 19.1. The van der Waals surface area contributed by atoms with Gasteiger partial charge in [-0.05, 0) is 31.5 Å². The van der Waals surface area contributed by atoms with Gasteiger partial charge in [0.2, 0.25) is 17.4 Å². The third-order valence-corrected chi connectivity index (χ3v) is 6.74. The molecule has 4 amide bonds. The van der Waals surface area contributed by atoms with E-state index in [0.717, 1.165) is 0 Å². The molecule has 2 N–H and O–H groups in total. The fraction of sp³-hybridized carbons (Fsp3) is 0.364. The minimum Gasteiger partial charge on any atom is -0.372 e. The van der Waals surface area contributed by atoms with E-state index in [-0.39, 0.29) is 41.9 Å². The van der Waals surface area contributed by atoms with E-state index in [0.29, 0.717) is 10.9 Å². The molecule has 2 saturated heterocycles. The van der Waals surface area contributed by atoms with Crippen LogP contribution in [0.15, 0.2) is 29.0 Å². The van der Waals surface area contributed by atoms with Crippen LogP contribution in [0.2, 0.25) is 0 Å². The molecule has 12 heteroatoms. The number of hydrogen-bond donors (Lipinski definition) is 2. The number of anilines is 1. The summed E-state index contributed by atoms with van der Waals surface area (Å²) in [5.74, 6) is -1.90. The first-order chi connectivity index (χ1) is 16.3. The number of rotatable bonds is 1. The number of nitrogens with one attached hydrogen (secondary N) is 2. The maximum atomic E-state index is 16.0. The molecule has 1 aromatic carbocycles. The van der Waals surface area contributed by atoms with E-state index >= 15 is 4.39 Å². The number of barbiturate groups is 1. The van der Waals surface area contributed by atoms with Gasteiger partial charge in [-0.3, -0.25) is 20.2 Å². The topological polar surface area (TPSA) is 140 Å². The molecule has 5 heterocycles. The van der Waals surface area contributed by atoms with Crippen molar-refractivity contribution in [1.82, 2.24) is 25.8 Å². The highest BCUT2D eigenvalue weighted by molar-refractivity contribution is 6.20. The maximum Gasteiger partial charge on any atom is 0.328 e. The Balaban J connectivity index is 1.61. The zero-order chi connectivity index (χ0) is 23.8. The number of carbonyl (C=O) groups is 3. The van der Waals surface area contributed by atoms with Crippen LogP contribution in [0.4, 0.5) is 14.9 Å². The average molecular weight is 466 g/mol. The smallest absolute Gasteiger partial charge is 0.328 e. The maximum absolute atomic E-state index is 16.0. The van der Waals surface area contributed by atoms with Gasteiger partial charge < -0.3 is 14.2 Å². The first kappa shape index (κ1) is 20.7. The molecule has 0 bridgehead atoms. The highest BCUT2D eigenvalue weighted by Crippen LogP contribution is 2.49. The second kappa shape index (κ2) is 7.03. The summed E-state index contributed by atoms with van der Waals surface area (Å²) < 4.78 is 27.3. The molecule has 174 valence electrons. The Morgan fingerprint density at radius 2 is 1.85 bits per heavy atom. The summed E-state index contributed by atoms with van der Waals surface area (Å²) in [6.07, 6.45) is 2.00. The number of aromatic nitrogens is 3. The molecule has 34 heavy (non-hydrogen) atoms. The van der Waals surface area contributed by atoms with Crippen molar-refractivity contribution >= 4 is 34.5 Å². The van der Waals surface area contributed by atoms with Crippen molar-refractivity contribution in [2.45, 2.75) is 38.5 Å². The van der Waals surface area contributed by atoms with Crippen molar-refractivity contribution in [3.63, 3.8) is 0 Å². The number of benzene rings is 1.